The van der Waals surface area contributed by atoms with Crippen LogP contribution in [0.3, 0.4) is 0 Å². The molecule has 8 aromatic rings. The van der Waals surface area contributed by atoms with E-state index in [2.05, 4.69) is 196 Å². The van der Waals surface area contributed by atoms with Crippen LogP contribution in [0.4, 0.5) is 17.1 Å². The number of anilines is 3. The molecule has 0 saturated heterocycles. The van der Waals surface area contributed by atoms with Gasteiger partial charge in [0.05, 0.1) is 30.7 Å². The van der Waals surface area contributed by atoms with Gasteiger partial charge in [-0.05, 0) is 90.7 Å². The van der Waals surface area contributed by atoms with Gasteiger partial charge in [-0.1, -0.05) is 128 Å². The first-order chi connectivity index (χ1) is 25.7. The third-order valence-corrected chi connectivity index (χ3v) is 12.1. The smallest absolute Gasteiger partial charge is 0.137 e. The molecule has 0 aliphatic carbocycles. The lowest BCUT2D eigenvalue weighted by molar-refractivity contribution is 1.05. The minimum Gasteiger partial charge on any atom is -0.310 e. The van der Waals surface area contributed by atoms with Gasteiger partial charge in [-0.3, -0.25) is 9.55 Å². The molecule has 8 rings (SSSR count). The zero-order chi connectivity index (χ0) is 36.7. The molecule has 0 unspecified atom stereocenters. The van der Waals surface area contributed by atoms with Gasteiger partial charge in [0.2, 0.25) is 0 Å². The van der Waals surface area contributed by atoms with Crippen molar-refractivity contribution < 1.29 is 0 Å². The van der Waals surface area contributed by atoms with Crippen molar-refractivity contribution in [1.29, 1.82) is 0 Å². The van der Waals surface area contributed by atoms with Crippen LogP contribution in [0.15, 0.2) is 158 Å². The van der Waals surface area contributed by atoms with Crippen molar-refractivity contribution in [1.82, 2.24) is 14.5 Å². The second-order valence-electron chi connectivity index (χ2n) is 15.0. The van der Waals surface area contributed by atoms with E-state index in [4.69, 9.17) is 9.97 Å². The summed E-state index contributed by atoms with van der Waals surface area (Å²) in [6, 6.07) is 52.3. The Morgan fingerprint density at radius 3 is 1.87 bits per heavy atom. The lowest BCUT2D eigenvalue weighted by Crippen LogP contribution is -2.37. The molecular weight excluding hydrogens is 661 g/mol. The molecule has 53 heavy (non-hydrogen) atoms. The molecular formula is C48H44N4Si. The van der Waals surface area contributed by atoms with Crippen molar-refractivity contribution in [2.45, 2.75) is 40.4 Å². The zero-order valence-corrected chi connectivity index (χ0v) is 32.3. The van der Waals surface area contributed by atoms with Crippen molar-refractivity contribution in [3.8, 4) is 39.5 Å². The van der Waals surface area contributed by atoms with E-state index in [0.29, 0.717) is 0 Å². The summed E-state index contributed by atoms with van der Waals surface area (Å²) < 4.78 is 2.34. The van der Waals surface area contributed by atoms with Crippen LogP contribution >= 0.6 is 0 Å². The molecule has 260 valence electrons. The molecule has 0 aliphatic rings. The average Bonchev–Trinajstić information content (AvgIpc) is 3.51. The lowest BCUT2D eigenvalue weighted by Gasteiger charge is -2.29. The predicted octanol–water partition coefficient (Wildman–Crippen LogP) is 12.4. The summed E-state index contributed by atoms with van der Waals surface area (Å²) in [4.78, 5) is 12.3. The van der Waals surface area contributed by atoms with Gasteiger partial charge in [0.15, 0.2) is 0 Å². The van der Waals surface area contributed by atoms with Crippen LogP contribution in [0.1, 0.15) is 16.7 Å². The Morgan fingerprint density at radius 1 is 0.566 bits per heavy atom. The number of fused-ring (bicyclic) bond motifs is 1. The molecule has 4 nitrogen and oxygen atoms in total. The number of hydrogen-bond donors (Lipinski definition) is 0. The van der Waals surface area contributed by atoms with Gasteiger partial charge in [-0.15, -0.1) is 0 Å². The summed E-state index contributed by atoms with van der Waals surface area (Å²) >= 11 is 0. The Kier molecular flexibility index (Phi) is 8.89. The van der Waals surface area contributed by atoms with E-state index >= 15 is 0 Å². The van der Waals surface area contributed by atoms with E-state index in [9.17, 15) is 0 Å². The van der Waals surface area contributed by atoms with E-state index in [1.165, 1.54) is 44.1 Å². The number of benzene rings is 5. The van der Waals surface area contributed by atoms with Crippen molar-refractivity contribution >= 4 is 41.2 Å². The Labute approximate surface area is 314 Å². The lowest BCUT2D eigenvalue weighted by atomic mass is 9.98. The molecule has 3 heterocycles. The third-order valence-electron chi connectivity index (χ3n) is 10.1. The third kappa shape index (κ3) is 6.49. The summed E-state index contributed by atoms with van der Waals surface area (Å²) in [6.07, 6.45) is 3.96. The molecule has 0 N–H and O–H groups in total. The van der Waals surface area contributed by atoms with Crippen molar-refractivity contribution in [3.05, 3.63) is 175 Å². The van der Waals surface area contributed by atoms with Gasteiger partial charge < -0.3 is 4.90 Å². The molecule has 0 radical (unpaired) electrons. The highest BCUT2D eigenvalue weighted by molar-refractivity contribution is 6.88. The molecule has 0 amide bonds. The summed E-state index contributed by atoms with van der Waals surface area (Å²) in [5, 5.41) is 2.53. The summed E-state index contributed by atoms with van der Waals surface area (Å²) in [5.74, 6) is 0.875. The highest BCUT2D eigenvalue weighted by Gasteiger charge is 2.25. The van der Waals surface area contributed by atoms with Crippen LogP contribution < -0.4 is 10.1 Å². The van der Waals surface area contributed by atoms with E-state index in [0.717, 1.165) is 45.2 Å². The normalized spacial score (nSPS) is 11.6. The molecule has 5 heteroatoms. The Hall–Kier alpha value is -6.04. The fourth-order valence-electron chi connectivity index (χ4n) is 7.65. The minimum absolute atomic E-state index is 0.875. The second-order valence-corrected chi connectivity index (χ2v) is 20.1. The number of hydrogen-bond acceptors (Lipinski definition) is 3. The monoisotopic (exact) mass is 704 g/mol. The Bertz CT molecular complexity index is 2530. The van der Waals surface area contributed by atoms with Gasteiger partial charge in [-0.25, -0.2) is 4.98 Å². The first kappa shape index (κ1) is 34.1. The number of aryl methyl sites for hydroxylation is 3. The maximum Gasteiger partial charge on any atom is 0.137 e. The minimum atomic E-state index is -1.47. The summed E-state index contributed by atoms with van der Waals surface area (Å²) in [6.45, 7) is 13.7. The van der Waals surface area contributed by atoms with Crippen LogP contribution in [-0.4, -0.2) is 22.6 Å². The first-order valence-corrected chi connectivity index (χ1v) is 21.8. The summed E-state index contributed by atoms with van der Waals surface area (Å²) in [5.41, 5.74) is 14.8. The van der Waals surface area contributed by atoms with Crippen LogP contribution in [0.25, 0.3) is 50.4 Å². The van der Waals surface area contributed by atoms with Crippen LogP contribution in [0.2, 0.25) is 19.6 Å². The first-order valence-electron chi connectivity index (χ1n) is 18.3. The molecule has 0 bridgehead atoms. The van der Waals surface area contributed by atoms with Crippen molar-refractivity contribution in [2.75, 3.05) is 4.90 Å². The van der Waals surface area contributed by atoms with E-state index in [1.54, 1.807) is 0 Å². The average molecular weight is 705 g/mol. The second kappa shape index (κ2) is 13.8. The molecule has 5 aromatic carbocycles. The van der Waals surface area contributed by atoms with Gasteiger partial charge in [0.25, 0.3) is 0 Å². The van der Waals surface area contributed by atoms with Gasteiger partial charge >= 0.3 is 0 Å². The van der Waals surface area contributed by atoms with E-state index < -0.39 is 8.07 Å². The van der Waals surface area contributed by atoms with Crippen molar-refractivity contribution in [2.24, 2.45) is 0 Å². The number of nitrogens with zero attached hydrogens (tertiary/aromatic N) is 4. The predicted molar refractivity (Wildman–Crippen MR) is 227 cm³/mol. The SMILES string of the molecule is Cc1cc(C)c(N(c2cccc(-c3ccc([Si](C)(C)C)cn3)c2)c2ccc3c(-c4ccccc4)c(-c4ccccc4)n(-c4ccccn4)c3c2)c(C)c1. The quantitative estimate of drug-likeness (QED) is 0.148. The largest absolute Gasteiger partial charge is 0.310 e. The zero-order valence-electron chi connectivity index (χ0n) is 31.3. The van der Waals surface area contributed by atoms with Crippen LogP contribution in [0.5, 0.6) is 0 Å². The summed E-state index contributed by atoms with van der Waals surface area (Å²) in [7, 11) is -1.47. The molecule has 0 spiro atoms. The highest BCUT2D eigenvalue weighted by Crippen LogP contribution is 2.46. The Balaban J connectivity index is 1.40. The number of pyridine rings is 2. The van der Waals surface area contributed by atoms with Crippen LogP contribution in [0, 0.1) is 20.8 Å². The molecule has 0 atom stereocenters. The Morgan fingerprint density at radius 2 is 1.23 bits per heavy atom. The standard InChI is InChI=1S/C48H44N4Si/c1-33-28-34(2)47(35(3)29-33)51(39-21-15-20-38(30-39)43-26-24-41(32-50-43)53(4,5)6)40-23-25-42-44(31-40)52(45-22-13-14-27-49-45)48(37-18-11-8-12-19-37)46(42)36-16-9-7-10-17-36/h7-32H,1-6H3. The number of aromatic nitrogens is 3. The molecule has 0 fully saturated rings. The fraction of sp³-hybridized carbons (Fsp3) is 0.125. The highest BCUT2D eigenvalue weighted by atomic mass is 28.3. The molecule has 0 saturated carbocycles. The molecule has 3 aromatic heterocycles. The van der Waals surface area contributed by atoms with Gasteiger partial charge in [0.1, 0.15) is 5.82 Å². The van der Waals surface area contributed by atoms with E-state index in [-0.39, 0.29) is 0 Å². The fourth-order valence-corrected chi connectivity index (χ4v) is 8.69. The van der Waals surface area contributed by atoms with E-state index in [1.807, 2.05) is 12.3 Å². The number of rotatable bonds is 8. The molecule has 0 aliphatic heterocycles. The maximum atomic E-state index is 4.97. The van der Waals surface area contributed by atoms with Crippen molar-refractivity contribution in [3.63, 3.8) is 0 Å². The van der Waals surface area contributed by atoms with Crippen LogP contribution in [-0.2, 0) is 0 Å². The van der Waals surface area contributed by atoms with Gasteiger partial charge in [-0.2, -0.15) is 0 Å². The van der Waals surface area contributed by atoms with Gasteiger partial charge in [0, 0.05) is 40.3 Å². The maximum absolute atomic E-state index is 4.97. The topological polar surface area (TPSA) is 34.0 Å².